The molecule has 0 aromatic carbocycles. The number of ether oxygens (including phenoxy) is 1. The lowest BCUT2D eigenvalue weighted by atomic mass is 10.00. The Kier molecular flexibility index (Phi) is 4.41. The number of amides is 2. The first-order valence-corrected chi connectivity index (χ1v) is 6.53. The molecule has 2 heterocycles. The van der Waals surface area contributed by atoms with Crippen molar-refractivity contribution in [3.8, 4) is 0 Å². The molecule has 0 aliphatic carbocycles. The number of hydrogen-bond acceptors (Lipinski definition) is 3. The van der Waals surface area contributed by atoms with Gasteiger partial charge >= 0.3 is 12.0 Å². The van der Waals surface area contributed by atoms with Crippen LogP contribution in [0.4, 0.5) is 4.79 Å². The minimum Gasteiger partial charge on any atom is -0.481 e. The predicted molar refractivity (Wildman–Crippen MR) is 64.4 cm³/mol. The van der Waals surface area contributed by atoms with Crippen molar-refractivity contribution in [3.05, 3.63) is 0 Å². The van der Waals surface area contributed by atoms with Crippen molar-refractivity contribution < 1.29 is 19.4 Å². The second kappa shape index (κ2) is 6.04. The zero-order valence-electron chi connectivity index (χ0n) is 10.4. The fourth-order valence-electron chi connectivity index (χ4n) is 2.59. The van der Waals surface area contributed by atoms with Crippen LogP contribution in [0, 0.1) is 0 Å². The summed E-state index contributed by atoms with van der Waals surface area (Å²) in [5, 5.41) is 11.8. The van der Waals surface area contributed by atoms with E-state index in [2.05, 4.69) is 5.32 Å². The molecule has 2 fully saturated rings. The van der Waals surface area contributed by atoms with E-state index >= 15 is 0 Å². The summed E-state index contributed by atoms with van der Waals surface area (Å²) in [5.41, 5.74) is 0. The molecule has 2 atom stereocenters. The molecule has 18 heavy (non-hydrogen) atoms. The number of rotatable bonds is 3. The van der Waals surface area contributed by atoms with Crippen molar-refractivity contribution in [2.45, 2.75) is 44.2 Å². The molecule has 2 amide bonds. The van der Waals surface area contributed by atoms with Gasteiger partial charge in [-0.25, -0.2) is 4.79 Å². The van der Waals surface area contributed by atoms with Gasteiger partial charge in [-0.1, -0.05) is 0 Å². The first-order chi connectivity index (χ1) is 8.66. The third kappa shape index (κ3) is 3.35. The molecule has 0 saturated carbocycles. The maximum atomic E-state index is 12.1. The molecule has 0 aromatic heterocycles. The van der Waals surface area contributed by atoms with Gasteiger partial charge in [0.1, 0.15) is 0 Å². The number of nitrogens with zero attached hydrogens (tertiary/aromatic N) is 1. The molecular formula is C12H20N2O4. The Hall–Kier alpha value is -1.30. The van der Waals surface area contributed by atoms with Gasteiger partial charge in [0.15, 0.2) is 0 Å². The van der Waals surface area contributed by atoms with Crippen LogP contribution in [0.15, 0.2) is 0 Å². The molecule has 6 heteroatoms. The molecule has 0 aromatic rings. The van der Waals surface area contributed by atoms with Gasteiger partial charge in [-0.3, -0.25) is 4.79 Å². The number of nitrogens with one attached hydrogen (secondary N) is 1. The predicted octanol–water partition coefficient (Wildman–Crippen LogP) is 0.814. The van der Waals surface area contributed by atoms with Crippen LogP contribution < -0.4 is 5.32 Å². The molecule has 0 radical (unpaired) electrons. The second-order valence-corrected chi connectivity index (χ2v) is 4.95. The summed E-state index contributed by atoms with van der Waals surface area (Å²) in [6.07, 6.45) is 3.59. The minimum absolute atomic E-state index is 0.0363. The summed E-state index contributed by atoms with van der Waals surface area (Å²) in [6, 6.07) is -0.236. The summed E-state index contributed by atoms with van der Waals surface area (Å²) in [5.74, 6) is -0.844. The van der Waals surface area contributed by atoms with Crippen LogP contribution in [-0.4, -0.2) is 53.8 Å². The SMILES string of the molecule is O=C(O)CC1CCCCN1C(=O)NC1CCOC1. The standard InChI is InChI=1S/C12H20N2O4/c15-11(16)7-10-3-1-2-5-14(10)12(17)13-9-4-6-18-8-9/h9-10H,1-8H2,(H,13,17)(H,15,16). The Bertz CT molecular complexity index is 315. The number of hydrogen-bond donors (Lipinski definition) is 2. The molecular weight excluding hydrogens is 236 g/mol. The van der Waals surface area contributed by atoms with Crippen LogP contribution in [0.5, 0.6) is 0 Å². The van der Waals surface area contributed by atoms with E-state index in [0.29, 0.717) is 19.8 Å². The lowest BCUT2D eigenvalue weighted by Crippen LogP contribution is -2.51. The van der Waals surface area contributed by atoms with Gasteiger partial charge in [0, 0.05) is 19.2 Å². The van der Waals surface area contributed by atoms with Gasteiger partial charge in [-0.05, 0) is 25.7 Å². The number of aliphatic carboxylic acids is 1. The smallest absolute Gasteiger partial charge is 0.317 e. The molecule has 2 aliphatic heterocycles. The van der Waals surface area contributed by atoms with Crippen LogP contribution >= 0.6 is 0 Å². The Morgan fingerprint density at radius 3 is 2.83 bits per heavy atom. The van der Waals surface area contributed by atoms with Crippen molar-refractivity contribution in [3.63, 3.8) is 0 Å². The van der Waals surface area contributed by atoms with Crippen LogP contribution in [0.3, 0.4) is 0 Å². The fraction of sp³-hybridized carbons (Fsp3) is 0.833. The molecule has 2 aliphatic rings. The van der Waals surface area contributed by atoms with Crippen molar-refractivity contribution in [1.29, 1.82) is 0 Å². The number of carbonyl (C=O) groups excluding carboxylic acids is 1. The summed E-state index contributed by atoms with van der Waals surface area (Å²) in [7, 11) is 0. The zero-order valence-corrected chi connectivity index (χ0v) is 10.4. The van der Waals surface area contributed by atoms with Gasteiger partial charge in [0.2, 0.25) is 0 Å². The summed E-state index contributed by atoms with van der Waals surface area (Å²) in [4.78, 5) is 24.6. The number of carbonyl (C=O) groups is 2. The van der Waals surface area contributed by atoms with Crippen molar-refractivity contribution >= 4 is 12.0 Å². The third-order valence-electron chi connectivity index (χ3n) is 3.56. The van der Waals surface area contributed by atoms with E-state index in [1.807, 2.05) is 0 Å². The minimum atomic E-state index is -0.844. The second-order valence-electron chi connectivity index (χ2n) is 4.95. The van der Waals surface area contributed by atoms with Crippen LogP contribution in [0.2, 0.25) is 0 Å². The monoisotopic (exact) mass is 256 g/mol. The number of carboxylic acid groups (broad SMARTS) is 1. The van der Waals surface area contributed by atoms with Crippen LogP contribution in [0.1, 0.15) is 32.1 Å². The van der Waals surface area contributed by atoms with Crippen molar-refractivity contribution in [2.24, 2.45) is 0 Å². The number of likely N-dealkylation sites (tertiary alicyclic amines) is 1. The largest absolute Gasteiger partial charge is 0.481 e. The van der Waals surface area contributed by atoms with E-state index < -0.39 is 5.97 Å². The van der Waals surface area contributed by atoms with E-state index in [1.54, 1.807) is 4.90 Å². The summed E-state index contributed by atoms with van der Waals surface area (Å²) < 4.78 is 5.21. The zero-order chi connectivity index (χ0) is 13.0. The quantitative estimate of drug-likeness (QED) is 0.783. The lowest BCUT2D eigenvalue weighted by Gasteiger charge is -2.35. The maximum Gasteiger partial charge on any atom is 0.317 e. The number of piperidine rings is 1. The maximum absolute atomic E-state index is 12.1. The van der Waals surface area contributed by atoms with Gasteiger partial charge in [0.25, 0.3) is 0 Å². The van der Waals surface area contributed by atoms with Crippen molar-refractivity contribution in [2.75, 3.05) is 19.8 Å². The number of urea groups is 1. The first-order valence-electron chi connectivity index (χ1n) is 6.53. The van der Waals surface area contributed by atoms with Crippen molar-refractivity contribution in [1.82, 2.24) is 10.2 Å². The highest BCUT2D eigenvalue weighted by Crippen LogP contribution is 2.20. The highest BCUT2D eigenvalue weighted by atomic mass is 16.5. The van der Waals surface area contributed by atoms with Crippen LogP contribution in [-0.2, 0) is 9.53 Å². The molecule has 102 valence electrons. The van der Waals surface area contributed by atoms with Gasteiger partial charge in [0.05, 0.1) is 19.1 Å². The molecule has 2 saturated heterocycles. The van der Waals surface area contributed by atoms with Crippen LogP contribution in [0.25, 0.3) is 0 Å². The Labute approximate surface area is 106 Å². The Morgan fingerprint density at radius 2 is 2.17 bits per heavy atom. The van der Waals surface area contributed by atoms with E-state index in [9.17, 15) is 9.59 Å². The number of carboxylic acids is 1. The molecule has 0 bridgehead atoms. The van der Waals surface area contributed by atoms with E-state index in [0.717, 1.165) is 25.7 Å². The van der Waals surface area contributed by atoms with Gasteiger partial charge in [-0.2, -0.15) is 0 Å². The fourth-order valence-corrected chi connectivity index (χ4v) is 2.59. The third-order valence-corrected chi connectivity index (χ3v) is 3.56. The van der Waals surface area contributed by atoms with E-state index in [4.69, 9.17) is 9.84 Å². The topological polar surface area (TPSA) is 78.9 Å². The Morgan fingerprint density at radius 1 is 1.33 bits per heavy atom. The molecule has 0 spiro atoms. The van der Waals surface area contributed by atoms with E-state index in [-0.39, 0.29) is 24.5 Å². The van der Waals surface area contributed by atoms with Gasteiger partial charge < -0.3 is 20.1 Å². The first kappa shape index (κ1) is 13.1. The average molecular weight is 256 g/mol. The lowest BCUT2D eigenvalue weighted by molar-refractivity contribution is -0.138. The average Bonchev–Trinajstić information content (AvgIpc) is 2.81. The summed E-state index contributed by atoms with van der Waals surface area (Å²) >= 11 is 0. The molecule has 6 nitrogen and oxygen atoms in total. The highest BCUT2D eigenvalue weighted by Gasteiger charge is 2.30. The molecule has 2 unspecified atom stereocenters. The summed E-state index contributed by atoms with van der Waals surface area (Å²) in [6.45, 7) is 1.89. The van der Waals surface area contributed by atoms with Gasteiger partial charge in [-0.15, -0.1) is 0 Å². The highest BCUT2D eigenvalue weighted by molar-refractivity contribution is 5.76. The molecule has 2 N–H and O–H groups in total. The Balaban J connectivity index is 1.90. The molecule has 2 rings (SSSR count). The normalized spacial score (nSPS) is 28.1. The van der Waals surface area contributed by atoms with E-state index in [1.165, 1.54) is 0 Å².